The van der Waals surface area contributed by atoms with Crippen LogP contribution in [0.5, 0.6) is 0 Å². The summed E-state index contributed by atoms with van der Waals surface area (Å²) in [5.74, 6) is 0. The van der Waals surface area contributed by atoms with E-state index in [0.717, 1.165) is 37.8 Å². The molecular formula is C20H28O2Si. The van der Waals surface area contributed by atoms with E-state index in [2.05, 4.69) is 60.7 Å². The standard InChI is InChI=1S/C20H28O2Si/c1-21-23(22-2,17-9-15-19-11-5-3-6-12-19)18-10-16-20-13-7-4-8-14-20/h3-8,11-14H,9-10,15-18H2,1-2H3. The van der Waals surface area contributed by atoms with Gasteiger partial charge in [0.05, 0.1) is 0 Å². The monoisotopic (exact) mass is 328 g/mol. The van der Waals surface area contributed by atoms with E-state index in [1.54, 1.807) is 0 Å². The second-order valence-electron chi connectivity index (χ2n) is 6.00. The molecule has 2 nitrogen and oxygen atoms in total. The highest BCUT2D eigenvalue weighted by molar-refractivity contribution is 6.67. The van der Waals surface area contributed by atoms with Gasteiger partial charge in [-0.2, -0.15) is 0 Å². The zero-order valence-corrected chi connectivity index (χ0v) is 15.3. The van der Waals surface area contributed by atoms with Crippen molar-refractivity contribution in [2.24, 2.45) is 0 Å². The summed E-state index contributed by atoms with van der Waals surface area (Å²) in [4.78, 5) is 0. The van der Waals surface area contributed by atoms with E-state index in [4.69, 9.17) is 8.85 Å². The maximum atomic E-state index is 5.88. The van der Waals surface area contributed by atoms with E-state index >= 15 is 0 Å². The molecular weight excluding hydrogens is 300 g/mol. The average molecular weight is 329 g/mol. The average Bonchev–Trinajstić information content (AvgIpc) is 2.62. The van der Waals surface area contributed by atoms with Gasteiger partial charge >= 0.3 is 8.56 Å². The molecule has 0 fully saturated rings. The molecule has 23 heavy (non-hydrogen) atoms. The summed E-state index contributed by atoms with van der Waals surface area (Å²) in [5.41, 5.74) is 2.79. The summed E-state index contributed by atoms with van der Waals surface area (Å²) in [6.45, 7) is 0. The van der Waals surface area contributed by atoms with Crippen molar-refractivity contribution in [2.45, 2.75) is 37.8 Å². The molecule has 0 saturated heterocycles. The van der Waals surface area contributed by atoms with Gasteiger partial charge in [0.15, 0.2) is 0 Å². The summed E-state index contributed by atoms with van der Waals surface area (Å²) >= 11 is 0. The predicted molar refractivity (Wildman–Crippen MR) is 98.9 cm³/mol. The summed E-state index contributed by atoms with van der Waals surface area (Å²) in [7, 11) is 1.59. The van der Waals surface area contributed by atoms with Crippen LogP contribution in [0.2, 0.25) is 12.1 Å². The Morgan fingerprint density at radius 2 is 1.04 bits per heavy atom. The van der Waals surface area contributed by atoms with Crippen LogP contribution in [-0.2, 0) is 21.7 Å². The van der Waals surface area contributed by atoms with Gasteiger partial charge in [-0.25, -0.2) is 0 Å². The smallest absolute Gasteiger partial charge is 0.337 e. The van der Waals surface area contributed by atoms with E-state index in [0.29, 0.717) is 0 Å². The van der Waals surface area contributed by atoms with Crippen LogP contribution in [0, 0.1) is 0 Å². The molecule has 0 atom stereocenters. The highest BCUT2D eigenvalue weighted by Crippen LogP contribution is 2.24. The Labute approximate surface area is 141 Å². The predicted octanol–water partition coefficient (Wildman–Crippen LogP) is 4.99. The van der Waals surface area contributed by atoms with E-state index < -0.39 is 8.56 Å². The highest BCUT2D eigenvalue weighted by atomic mass is 28.4. The minimum atomic E-state index is -2.05. The van der Waals surface area contributed by atoms with Gasteiger partial charge < -0.3 is 8.85 Å². The third-order valence-corrected chi connectivity index (χ3v) is 8.19. The lowest BCUT2D eigenvalue weighted by Gasteiger charge is -2.27. The van der Waals surface area contributed by atoms with E-state index in [1.807, 2.05) is 14.2 Å². The molecule has 2 aromatic rings. The third-order valence-electron chi connectivity index (χ3n) is 4.48. The molecule has 0 amide bonds. The first kappa shape index (κ1) is 17.9. The Balaban J connectivity index is 1.80. The lowest BCUT2D eigenvalue weighted by Crippen LogP contribution is -2.40. The normalized spacial score (nSPS) is 11.6. The number of aryl methyl sites for hydroxylation is 2. The molecule has 0 aliphatic carbocycles. The molecule has 0 saturated carbocycles. The number of benzene rings is 2. The second-order valence-corrected chi connectivity index (χ2v) is 9.64. The van der Waals surface area contributed by atoms with Crippen molar-refractivity contribution in [3.63, 3.8) is 0 Å². The van der Waals surface area contributed by atoms with Crippen molar-refractivity contribution in [3.8, 4) is 0 Å². The lowest BCUT2D eigenvalue weighted by atomic mass is 10.1. The van der Waals surface area contributed by atoms with Crippen LogP contribution >= 0.6 is 0 Å². The second kappa shape index (κ2) is 9.66. The zero-order valence-electron chi connectivity index (χ0n) is 14.3. The van der Waals surface area contributed by atoms with Gasteiger partial charge in [0.1, 0.15) is 0 Å². The lowest BCUT2D eigenvalue weighted by molar-refractivity contribution is 0.239. The fraction of sp³-hybridized carbons (Fsp3) is 0.400. The van der Waals surface area contributed by atoms with Crippen LogP contribution in [0.1, 0.15) is 24.0 Å². The summed E-state index contributed by atoms with van der Waals surface area (Å²) in [5, 5.41) is 0. The molecule has 0 unspecified atom stereocenters. The number of hydrogen-bond donors (Lipinski definition) is 0. The Hall–Kier alpha value is -1.42. The quantitative estimate of drug-likeness (QED) is 0.572. The molecule has 124 valence electrons. The highest BCUT2D eigenvalue weighted by Gasteiger charge is 2.34. The molecule has 3 heteroatoms. The summed E-state index contributed by atoms with van der Waals surface area (Å²) in [6.07, 6.45) is 4.45. The van der Waals surface area contributed by atoms with E-state index in [1.165, 1.54) is 11.1 Å². The number of hydrogen-bond acceptors (Lipinski definition) is 2. The van der Waals surface area contributed by atoms with Crippen LogP contribution in [-0.4, -0.2) is 22.8 Å². The van der Waals surface area contributed by atoms with Gasteiger partial charge in [-0.3, -0.25) is 0 Å². The zero-order chi connectivity index (χ0) is 16.4. The molecule has 0 heterocycles. The Morgan fingerprint density at radius 3 is 1.39 bits per heavy atom. The molecule has 2 aromatic carbocycles. The van der Waals surface area contributed by atoms with Gasteiger partial charge in [-0.05, 0) is 48.9 Å². The first-order valence-electron chi connectivity index (χ1n) is 8.46. The van der Waals surface area contributed by atoms with Crippen molar-refractivity contribution in [2.75, 3.05) is 14.2 Å². The third kappa shape index (κ3) is 5.94. The maximum absolute atomic E-state index is 5.88. The molecule has 0 spiro atoms. The van der Waals surface area contributed by atoms with Gasteiger partial charge in [0.25, 0.3) is 0 Å². The van der Waals surface area contributed by atoms with Crippen LogP contribution in [0.3, 0.4) is 0 Å². The van der Waals surface area contributed by atoms with Crippen molar-refractivity contribution in [1.82, 2.24) is 0 Å². The molecule has 0 bridgehead atoms. The molecule has 2 rings (SSSR count). The molecule has 0 aliphatic heterocycles. The molecule has 0 aliphatic rings. The van der Waals surface area contributed by atoms with Gasteiger partial charge in [0.2, 0.25) is 0 Å². The molecule has 0 radical (unpaired) electrons. The van der Waals surface area contributed by atoms with Crippen LogP contribution in [0.25, 0.3) is 0 Å². The van der Waals surface area contributed by atoms with E-state index in [-0.39, 0.29) is 0 Å². The Bertz CT molecular complexity index is 491. The molecule has 0 aromatic heterocycles. The van der Waals surface area contributed by atoms with Crippen molar-refractivity contribution in [1.29, 1.82) is 0 Å². The maximum Gasteiger partial charge on any atom is 0.337 e. The minimum absolute atomic E-state index is 1.06. The topological polar surface area (TPSA) is 18.5 Å². The minimum Gasteiger partial charge on any atom is -0.398 e. The van der Waals surface area contributed by atoms with Crippen LogP contribution in [0.4, 0.5) is 0 Å². The Morgan fingerprint density at radius 1 is 0.652 bits per heavy atom. The van der Waals surface area contributed by atoms with Crippen LogP contribution in [0.15, 0.2) is 60.7 Å². The number of rotatable bonds is 10. The molecule has 0 N–H and O–H groups in total. The van der Waals surface area contributed by atoms with Gasteiger partial charge in [0, 0.05) is 14.2 Å². The van der Waals surface area contributed by atoms with Gasteiger partial charge in [-0.15, -0.1) is 0 Å². The fourth-order valence-corrected chi connectivity index (χ4v) is 5.69. The summed E-state index contributed by atoms with van der Waals surface area (Å²) < 4.78 is 11.8. The van der Waals surface area contributed by atoms with Crippen molar-refractivity contribution >= 4 is 8.56 Å². The first-order valence-corrected chi connectivity index (χ1v) is 10.7. The van der Waals surface area contributed by atoms with Crippen molar-refractivity contribution < 1.29 is 8.85 Å². The first-order chi connectivity index (χ1) is 11.3. The van der Waals surface area contributed by atoms with Crippen molar-refractivity contribution in [3.05, 3.63) is 71.8 Å². The van der Waals surface area contributed by atoms with Gasteiger partial charge in [-0.1, -0.05) is 60.7 Å². The SMILES string of the molecule is CO[Si](CCCc1ccccc1)(CCCc1ccccc1)OC. The Kier molecular flexibility index (Phi) is 7.53. The summed E-state index contributed by atoms with van der Waals surface area (Å²) in [6, 6.07) is 23.4. The van der Waals surface area contributed by atoms with Crippen LogP contribution < -0.4 is 0 Å². The largest absolute Gasteiger partial charge is 0.398 e. The van der Waals surface area contributed by atoms with E-state index in [9.17, 15) is 0 Å². The fourth-order valence-electron chi connectivity index (χ4n) is 3.03.